The van der Waals surface area contributed by atoms with Gasteiger partial charge in [-0.3, -0.25) is 10.3 Å². The summed E-state index contributed by atoms with van der Waals surface area (Å²) in [5, 5.41) is 19.0. The van der Waals surface area contributed by atoms with Crippen LogP contribution in [-0.4, -0.2) is 61.4 Å². The van der Waals surface area contributed by atoms with E-state index in [1.165, 1.54) is 18.0 Å². The molecule has 1 aliphatic rings. The molecule has 1 fully saturated rings. The standard InChI is InChI=1S/C11H15FN6O4/c1-21-8-5-7(16-10(13)17-8)18(3-15-5)9-4(12)6(20)11(14,2-19)22-9/h3-4,6,9,19-20H,2,14H2,1H3,(H2,13,16,17)/t4-,6+,9-,11-/m1/s1. The maximum atomic E-state index is 14.3. The molecule has 0 radical (unpaired) electrons. The number of hydrogen-bond donors (Lipinski definition) is 4. The van der Waals surface area contributed by atoms with E-state index in [2.05, 4.69) is 15.0 Å². The van der Waals surface area contributed by atoms with Gasteiger partial charge in [0.25, 0.3) is 0 Å². The molecule has 0 aromatic carbocycles. The molecule has 3 heterocycles. The number of nitrogens with two attached hydrogens (primary N) is 2. The number of alkyl halides is 1. The summed E-state index contributed by atoms with van der Waals surface area (Å²) in [4.78, 5) is 11.9. The van der Waals surface area contributed by atoms with Crippen molar-refractivity contribution in [3.05, 3.63) is 6.33 Å². The summed E-state index contributed by atoms with van der Waals surface area (Å²) in [5.74, 6) is 0.0256. The van der Waals surface area contributed by atoms with Gasteiger partial charge in [0.1, 0.15) is 6.10 Å². The first kappa shape index (κ1) is 14.8. The summed E-state index contributed by atoms with van der Waals surface area (Å²) >= 11 is 0. The second-order valence-corrected chi connectivity index (χ2v) is 4.93. The third-order valence-electron chi connectivity index (χ3n) is 3.54. The van der Waals surface area contributed by atoms with Crippen LogP contribution in [0.3, 0.4) is 0 Å². The summed E-state index contributed by atoms with van der Waals surface area (Å²) in [6, 6.07) is 0. The van der Waals surface area contributed by atoms with Crippen molar-refractivity contribution < 1.29 is 24.1 Å². The lowest BCUT2D eigenvalue weighted by atomic mass is 10.1. The van der Waals surface area contributed by atoms with Gasteiger partial charge in [0.05, 0.1) is 20.0 Å². The van der Waals surface area contributed by atoms with E-state index in [-0.39, 0.29) is 23.0 Å². The van der Waals surface area contributed by atoms with Crippen molar-refractivity contribution in [2.75, 3.05) is 19.5 Å². The maximum absolute atomic E-state index is 14.3. The zero-order valence-electron chi connectivity index (χ0n) is 11.5. The Kier molecular flexibility index (Phi) is 3.36. The second-order valence-electron chi connectivity index (χ2n) is 4.93. The molecule has 2 aromatic heterocycles. The number of nitrogen functional groups attached to an aromatic ring is 1. The molecule has 1 saturated heterocycles. The van der Waals surface area contributed by atoms with Gasteiger partial charge in [0.15, 0.2) is 29.3 Å². The van der Waals surface area contributed by atoms with Crippen molar-refractivity contribution in [3.8, 4) is 5.88 Å². The van der Waals surface area contributed by atoms with Gasteiger partial charge in [-0.1, -0.05) is 0 Å². The van der Waals surface area contributed by atoms with E-state index in [4.69, 9.17) is 20.9 Å². The zero-order chi connectivity index (χ0) is 16.1. The number of aliphatic hydroxyl groups is 2. The average molecular weight is 314 g/mol. The topological polar surface area (TPSA) is 155 Å². The number of hydrogen-bond acceptors (Lipinski definition) is 9. The number of anilines is 1. The molecule has 120 valence electrons. The van der Waals surface area contributed by atoms with E-state index in [1.54, 1.807) is 0 Å². The van der Waals surface area contributed by atoms with Gasteiger partial charge < -0.3 is 25.4 Å². The van der Waals surface area contributed by atoms with Gasteiger partial charge >= 0.3 is 0 Å². The molecule has 0 unspecified atom stereocenters. The maximum Gasteiger partial charge on any atom is 0.246 e. The van der Waals surface area contributed by atoms with E-state index >= 15 is 0 Å². The number of methoxy groups -OCH3 is 1. The number of aliphatic hydroxyl groups excluding tert-OH is 2. The van der Waals surface area contributed by atoms with Crippen LogP contribution in [0.4, 0.5) is 10.3 Å². The highest BCUT2D eigenvalue weighted by atomic mass is 19.1. The quantitative estimate of drug-likeness (QED) is 0.518. The van der Waals surface area contributed by atoms with Crippen LogP contribution < -0.4 is 16.2 Å². The van der Waals surface area contributed by atoms with Crippen molar-refractivity contribution in [2.24, 2.45) is 5.73 Å². The predicted molar refractivity (Wildman–Crippen MR) is 71.3 cm³/mol. The first-order chi connectivity index (χ1) is 10.4. The zero-order valence-corrected chi connectivity index (χ0v) is 11.5. The number of halogens is 1. The molecule has 3 rings (SSSR count). The predicted octanol–water partition coefficient (Wildman–Crippen LogP) is -1.71. The van der Waals surface area contributed by atoms with Gasteiger partial charge in [0, 0.05) is 0 Å². The molecule has 0 amide bonds. The van der Waals surface area contributed by atoms with Crippen molar-refractivity contribution >= 4 is 17.1 Å². The number of aromatic nitrogens is 4. The van der Waals surface area contributed by atoms with E-state index in [0.29, 0.717) is 0 Å². The van der Waals surface area contributed by atoms with Crippen LogP contribution in [-0.2, 0) is 4.74 Å². The SMILES string of the molecule is COc1nc(N)nc2c1ncn2[C@@H]1O[C@](N)(CO)[C@@H](O)[C@H]1F. The number of rotatable bonds is 3. The molecule has 0 saturated carbocycles. The minimum atomic E-state index is -1.91. The Bertz CT molecular complexity index is 711. The number of ether oxygens (including phenoxy) is 2. The summed E-state index contributed by atoms with van der Waals surface area (Å²) < 4.78 is 25.8. The van der Waals surface area contributed by atoms with E-state index < -0.39 is 30.8 Å². The van der Waals surface area contributed by atoms with E-state index in [9.17, 15) is 14.6 Å². The summed E-state index contributed by atoms with van der Waals surface area (Å²) in [6.07, 6.45) is -3.68. The molecule has 0 bridgehead atoms. The molecule has 4 atom stereocenters. The van der Waals surface area contributed by atoms with Crippen molar-refractivity contribution in [1.82, 2.24) is 19.5 Å². The van der Waals surface area contributed by atoms with Gasteiger partial charge in [-0.15, -0.1) is 0 Å². The van der Waals surface area contributed by atoms with Crippen LogP contribution in [0.5, 0.6) is 5.88 Å². The lowest BCUT2D eigenvalue weighted by Crippen LogP contribution is -2.53. The van der Waals surface area contributed by atoms with Gasteiger partial charge in [-0.2, -0.15) is 9.97 Å². The minimum Gasteiger partial charge on any atom is -0.479 e. The van der Waals surface area contributed by atoms with Crippen LogP contribution in [0.2, 0.25) is 0 Å². The first-order valence-electron chi connectivity index (χ1n) is 6.35. The molecule has 2 aromatic rings. The third kappa shape index (κ3) is 1.98. The van der Waals surface area contributed by atoms with E-state index in [0.717, 1.165) is 0 Å². The van der Waals surface area contributed by atoms with Gasteiger partial charge in [-0.05, 0) is 0 Å². The van der Waals surface area contributed by atoms with Gasteiger partial charge in [0.2, 0.25) is 11.8 Å². The lowest BCUT2D eigenvalue weighted by molar-refractivity contribution is -0.123. The highest BCUT2D eigenvalue weighted by Gasteiger charge is 2.54. The molecule has 0 spiro atoms. The number of fused-ring (bicyclic) bond motifs is 1. The fraction of sp³-hybridized carbons (Fsp3) is 0.545. The fourth-order valence-corrected chi connectivity index (χ4v) is 2.36. The summed E-state index contributed by atoms with van der Waals surface area (Å²) in [5.41, 5.74) is 9.71. The van der Waals surface area contributed by atoms with Gasteiger partial charge in [-0.25, -0.2) is 9.37 Å². The fourth-order valence-electron chi connectivity index (χ4n) is 2.36. The van der Waals surface area contributed by atoms with Crippen molar-refractivity contribution in [2.45, 2.75) is 24.2 Å². The molecular weight excluding hydrogens is 299 g/mol. The molecule has 1 aliphatic heterocycles. The van der Waals surface area contributed by atoms with Crippen LogP contribution >= 0.6 is 0 Å². The second kappa shape index (κ2) is 4.98. The largest absolute Gasteiger partial charge is 0.479 e. The smallest absolute Gasteiger partial charge is 0.246 e. The third-order valence-corrected chi connectivity index (χ3v) is 3.54. The number of nitrogens with zero attached hydrogens (tertiary/aromatic N) is 4. The Morgan fingerprint density at radius 2 is 2.27 bits per heavy atom. The highest BCUT2D eigenvalue weighted by Crippen LogP contribution is 2.37. The Balaban J connectivity index is 2.10. The summed E-state index contributed by atoms with van der Waals surface area (Å²) in [6.45, 7) is -0.752. The normalized spacial score (nSPS) is 31.8. The Morgan fingerprint density at radius 3 is 2.86 bits per heavy atom. The van der Waals surface area contributed by atoms with Crippen LogP contribution in [0.1, 0.15) is 6.23 Å². The van der Waals surface area contributed by atoms with Crippen molar-refractivity contribution in [3.63, 3.8) is 0 Å². The van der Waals surface area contributed by atoms with Crippen LogP contribution in [0.25, 0.3) is 11.2 Å². The van der Waals surface area contributed by atoms with E-state index in [1.807, 2.05) is 0 Å². The Morgan fingerprint density at radius 1 is 1.55 bits per heavy atom. The Hall–Kier alpha value is -2.08. The molecule has 6 N–H and O–H groups in total. The average Bonchev–Trinajstić information content (AvgIpc) is 3.01. The summed E-state index contributed by atoms with van der Waals surface area (Å²) in [7, 11) is 1.38. The lowest BCUT2D eigenvalue weighted by Gasteiger charge is -2.24. The van der Waals surface area contributed by atoms with Crippen LogP contribution in [0.15, 0.2) is 6.33 Å². The molecule has 11 heteroatoms. The first-order valence-corrected chi connectivity index (χ1v) is 6.35. The Labute approximate surface area is 123 Å². The monoisotopic (exact) mass is 314 g/mol. The molecule has 22 heavy (non-hydrogen) atoms. The van der Waals surface area contributed by atoms with Crippen LogP contribution in [0, 0.1) is 0 Å². The highest BCUT2D eigenvalue weighted by molar-refractivity contribution is 5.77. The molecule has 0 aliphatic carbocycles. The van der Waals surface area contributed by atoms with Crippen molar-refractivity contribution in [1.29, 1.82) is 0 Å². The molecular formula is C11H15FN6O4. The molecule has 10 nitrogen and oxygen atoms in total. The minimum absolute atomic E-state index is 0.0961. The number of imidazole rings is 1.